The third-order valence-corrected chi connectivity index (χ3v) is 6.78. The molecule has 0 atom stereocenters. The van der Waals surface area contributed by atoms with E-state index in [0.717, 1.165) is 25.3 Å². The van der Waals surface area contributed by atoms with Gasteiger partial charge in [-0.05, 0) is 48.7 Å². The molecule has 0 radical (unpaired) electrons. The Hall–Kier alpha value is -2.46. The van der Waals surface area contributed by atoms with Crippen molar-refractivity contribution in [2.24, 2.45) is 0 Å². The smallest absolute Gasteiger partial charge is 0.348 e. The molecule has 1 fully saturated rings. The summed E-state index contributed by atoms with van der Waals surface area (Å²) in [5.74, 6) is -2.25. The van der Waals surface area contributed by atoms with E-state index in [0.29, 0.717) is 30.8 Å². The van der Waals surface area contributed by atoms with Crippen molar-refractivity contribution in [2.75, 3.05) is 13.1 Å². The maximum absolute atomic E-state index is 13.3. The Bertz CT molecular complexity index is 1020. The van der Waals surface area contributed by atoms with Gasteiger partial charge in [-0.1, -0.05) is 18.6 Å². The second kappa shape index (κ2) is 8.73. The first-order valence-corrected chi connectivity index (χ1v) is 10.8. The summed E-state index contributed by atoms with van der Waals surface area (Å²) in [6.07, 6.45) is -2.26. The molecule has 1 N–H and O–H groups in total. The normalized spacial score (nSPS) is 15.7. The van der Waals surface area contributed by atoms with Gasteiger partial charge in [-0.2, -0.15) is 17.5 Å². The number of hydrogen-bond acceptors (Lipinski definition) is 3. The first kappa shape index (κ1) is 22.2. The van der Waals surface area contributed by atoms with Gasteiger partial charge in [0, 0.05) is 25.2 Å². The lowest BCUT2D eigenvalue weighted by atomic mass is 10.1. The Morgan fingerprint density at radius 2 is 1.63 bits per heavy atom. The van der Waals surface area contributed by atoms with E-state index in [1.165, 1.54) is 28.6 Å². The molecule has 1 heterocycles. The van der Waals surface area contributed by atoms with Crippen molar-refractivity contribution in [2.45, 2.75) is 36.9 Å². The quantitative estimate of drug-likeness (QED) is 0.711. The molecule has 0 bridgehead atoms. The van der Waals surface area contributed by atoms with E-state index < -0.39 is 33.5 Å². The van der Waals surface area contributed by atoms with Crippen LogP contribution in [0.5, 0.6) is 0 Å². The van der Waals surface area contributed by atoms with Gasteiger partial charge in [-0.3, -0.25) is 4.79 Å². The van der Waals surface area contributed by atoms with Gasteiger partial charge < -0.3 is 5.32 Å². The van der Waals surface area contributed by atoms with Crippen LogP contribution in [-0.4, -0.2) is 31.7 Å². The average molecular weight is 444 g/mol. The number of amides is 1. The summed E-state index contributed by atoms with van der Waals surface area (Å²) in [6.45, 7) is 0.942. The molecule has 3 rings (SSSR count). The van der Waals surface area contributed by atoms with E-state index in [-0.39, 0.29) is 17.0 Å². The second-order valence-corrected chi connectivity index (χ2v) is 8.92. The van der Waals surface area contributed by atoms with Gasteiger partial charge in [0.05, 0.1) is 10.5 Å². The second-order valence-electron chi connectivity index (χ2n) is 6.98. The van der Waals surface area contributed by atoms with Crippen LogP contribution in [0.3, 0.4) is 0 Å². The number of nitrogens with one attached hydrogen (secondary N) is 1. The third kappa shape index (κ3) is 4.99. The Labute approximate surface area is 171 Å². The molecule has 1 saturated heterocycles. The predicted molar refractivity (Wildman–Crippen MR) is 102 cm³/mol. The number of halogens is 4. The largest absolute Gasteiger partial charge is 0.419 e. The minimum absolute atomic E-state index is 0.0262. The highest BCUT2D eigenvalue weighted by Gasteiger charge is 2.34. The number of hydrogen-bond donors (Lipinski definition) is 1. The van der Waals surface area contributed by atoms with Crippen molar-refractivity contribution < 1.29 is 30.8 Å². The summed E-state index contributed by atoms with van der Waals surface area (Å²) in [6, 6.07) is 7.95. The van der Waals surface area contributed by atoms with Crippen molar-refractivity contribution in [3.05, 3.63) is 65.0 Å². The minimum atomic E-state index is -4.91. The Morgan fingerprint density at radius 1 is 1.00 bits per heavy atom. The summed E-state index contributed by atoms with van der Waals surface area (Å²) in [5.41, 5.74) is -1.27. The number of carbonyl (C=O) groups is 1. The van der Waals surface area contributed by atoms with Crippen molar-refractivity contribution in [1.82, 2.24) is 9.62 Å². The van der Waals surface area contributed by atoms with Crippen LogP contribution in [-0.2, 0) is 22.7 Å². The molecule has 0 aromatic heterocycles. The zero-order valence-electron chi connectivity index (χ0n) is 15.9. The Kier molecular flexibility index (Phi) is 6.47. The van der Waals surface area contributed by atoms with E-state index >= 15 is 0 Å². The molecule has 1 aliphatic heterocycles. The van der Waals surface area contributed by atoms with Gasteiger partial charge in [-0.25, -0.2) is 12.8 Å². The standard InChI is InChI=1S/C20H20F4N2O3S/c21-18-9-6-15(12-17(18)20(22,23)24)19(27)25-13-14-4-7-16(8-5-14)30(28,29)26-10-2-1-3-11-26/h4-9,12H,1-3,10-11,13H2,(H,25,27). The first-order chi connectivity index (χ1) is 14.1. The van der Waals surface area contributed by atoms with Gasteiger partial charge in [0.15, 0.2) is 0 Å². The number of benzene rings is 2. The lowest BCUT2D eigenvalue weighted by Gasteiger charge is -2.25. The number of piperidine rings is 1. The van der Waals surface area contributed by atoms with Gasteiger partial charge in [0.1, 0.15) is 5.82 Å². The van der Waals surface area contributed by atoms with Crippen molar-refractivity contribution in [1.29, 1.82) is 0 Å². The molecular weight excluding hydrogens is 424 g/mol. The van der Waals surface area contributed by atoms with Gasteiger partial charge in [-0.15, -0.1) is 0 Å². The number of carbonyl (C=O) groups excluding carboxylic acids is 1. The van der Waals surface area contributed by atoms with Crippen LogP contribution in [0.25, 0.3) is 0 Å². The van der Waals surface area contributed by atoms with Crippen molar-refractivity contribution in [3.63, 3.8) is 0 Å². The Morgan fingerprint density at radius 3 is 2.23 bits per heavy atom. The van der Waals surface area contributed by atoms with E-state index in [2.05, 4.69) is 5.32 Å². The molecule has 0 spiro atoms. The minimum Gasteiger partial charge on any atom is -0.348 e. The summed E-state index contributed by atoms with van der Waals surface area (Å²) in [4.78, 5) is 12.3. The Balaban J connectivity index is 1.66. The molecule has 5 nitrogen and oxygen atoms in total. The number of nitrogens with zero attached hydrogens (tertiary/aromatic N) is 1. The van der Waals surface area contributed by atoms with Crippen molar-refractivity contribution >= 4 is 15.9 Å². The number of rotatable bonds is 5. The van der Waals surface area contributed by atoms with E-state index in [9.17, 15) is 30.8 Å². The molecule has 162 valence electrons. The zero-order chi connectivity index (χ0) is 21.9. The van der Waals surface area contributed by atoms with E-state index in [1.54, 1.807) is 0 Å². The molecule has 1 aliphatic rings. The molecule has 0 unspecified atom stereocenters. The van der Waals surface area contributed by atoms with Gasteiger partial charge in [0.2, 0.25) is 10.0 Å². The molecule has 0 aliphatic carbocycles. The fourth-order valence-electron chi connectivity index (χ4n) is 3.20. The lowest BCUT2D eigenvalue weighted by molar-refractivity contribution is -0.140. The molecular formula is C20H20F4N2O3S. The summed E-state index contributed by atoms with van der Waals surface area (Å²) >= 11 is 0. The predicted octanol–water partition coefficient (Wildman–Crippen LogP) is 3.95. The monoisotopic (exact) mass is 444 g/mol. The van der Waals surface area contributed by atoms with Crippen LogP contribution in [0.2, 0.25) is 0 Å². The molecule has 30 heavy (non-hydrogen) atoms. The number of sulfonamides is 1. The van der Waals surface area contributed by atoms with Crippen LogP contribution < -0.4 is 5.32 Å². The topological polar surface area (TPSA) is 66.5 Å². The third-order valence-electron chi connectivity index (χ3n) is 4.86. The zero-order valence-corrected chi connectivity index (χ0v) is 16.7. The highest BCUT2D eigenvalue weighted by atomic mass is 32.2. The molecule has 0 saturated carbocycles. The lowest BCUT2D eigenvalue weighted by Crippen LogP contribution is -2.35. The number of alkyl halides is 3. The first-order valence-electron chi connectivity index (χ1n) is 9.33. The summed E-state index contributed by atoms with van der Waals surface area (Å²) < 4.78 is 78.4. The molecule has 10 heteroatoms. The molecule has 2 aromatic rings. The fraction of sp³-hybridized carbons (Fsp3) is 0.350. The summed E-state index contributed by atoms with van der Waals surface area (Å²) in [7, 11) is -3.57. The fourth-order valence-corrected chi connectivity index (χ4v) is 4.72. The summed E-state index contributed by atoms with van der Waals surface area (Å²) in [5, 5.41) is 2.45. The highest BCUT2D eigenvalue weighted by molar-refractivity contribution is 7.89. The maximum Gasteiger partial charge on any atom is 0.419 e. The van der Waals surface area contributed by atoms with E-state index in [1.807, 2.05) is 0 Å². The SMILES string of the molecule is O=C(NCc1ccc(S(=O)(=O)N2CCCCC2)cc1)c1ccc(F)c(C(F)(F)F)c1. The maximum atomic E-state index is 13.3. The van der Waals surface area contributed by atoms with Crippen LogP contribution in [0.4, 0.5) is 17.6 Å². The van der Waals surface area contributed by atoms with Gasteiger partial charge in [0.25, 0.3) is 5.91 Å². The van der Waals surface area contributed by atoms with Gasteiger partial charge >= 0.3 is 6.18 Å². The van der Waals surface area contributed by atoms with Crippen LogP contribution in [0.1, 0.15) is 40.7 Å². The molecule has 1 amide bonds. The average Bonchev–Trinajstić information content (AvgIpc) is 2.72. The van der Waals surface area contributed by atoms with Crippen molar-refractivity contribution in [3.8, 4) is 0 Å². The highest BCUT2D eigenvalue weighted by Crippen LogP contribution is 2.32. The van der Waals surface area contributed by atoms with E-state index in [4.69, 9.17) is 0 Å². The van der Waals surface area contributed by atoms with Crippen LogP contribution in [0, 0.1) is 5.82 Å². The molecule has 2 aromatic carbocycles. The van der Waals surface area contributed by atoms with Crippen LogP contribution in [0.15, 0.2) is 47.4 Å². The van der Waals surface area contributed by atoms with Crippen LogP contribution >= 0.6 is 0 Å².